The van der Waals surface area contributed by atoms with Gasteiger partial charge in [0.25, 0.3) is 0 Å². The maximum atomic E-state index is 13.7. The van der Waals surface area contributed by atoms with Crippen molar-refractivity contribution >= 4 is 6.08 Å². The van der Waals surface area contributed by atoms with Crippen molar-refractivity contribution in [2.75, 3.05) is 0 Å². The normalized spacial score (nSPS) is 30.9. The second kappa shape index (κ2) is 5.71. The van der Waals surface area contributed by atoms with Gasteiger partial charge in [-0.3, -0.25) is 0 Å². The van der Waals surface area contributed by atoms with Gasteiger partial charge in [0.1, 0.15) is 5.82 Å². The van der Waals surface area contributed by atoms with E-state index in [0.717, 1.165) is 29.7 Å². The van der Waals surface area contributed by atoms with Gasteiger partial charge in [0.2, 0.25) is 0 Å². The van der Waals surface area contributed by atoms with Gasteiger partial charge in [-0.2, -0.15) is 0 Å². The molecule has 1 heteroatoms. The predicted octanol–water partition coefficient (Wildman–Crippen LogP) is 5.47. The minimum absolute atomic E-state index is 0.0728. The SMILES string of the molecule is CC1CCC(C(C)C2C=Cc3c(F)cccc3C2)CC1. The van der Waals surface area contributed by atoms with Gasteiger partial charge in [0, 0.05) is 5.56 Å². The predicted molar refractivity (Wildman–Crippen MR) is 82.9 cm³/mol. The Morgan fingerprint density at radius 3 is 2.65 bits per heavy atom. The number of allylic oxidation sites excluding steroid dienone is 1. The zero-order chi connectivity index (χ0) is 14.1. The Labute approximate surface area is 122 Å². The fourth-order valence-electron chi connectivity index (χ4n) is 4.01. The van der Waals surface area contributed by atoms with Gasteiger partial charge in [-0.25, -0.2) is 4.39 Å². The topological polar surface area (TPSA) is 0 Å². The maximum Gasteiger partial charge on any atom is 0.130 e. The highest BCUT2D eigenvalue weighted by Gasteiger charge is 2.29. The minimum atomic E-state index is -0.0728. The highest BCUT2D eigenvalue weighted by molar-refractivity contribution is 5.57. The zero-order valence-corrected chi connectivity index (χ0v) is 12.6. The zero-order valence-electron chi connectivity index (χ0n) is 12.6. The van der Waals surface area contributed by atoms with E-state index in [0.29, 0.717) is 5.92 Å². The van der Waals surface area contributed by atoms with E-state index in [9.17, 15) is 4.39 Å². The molecule has 1 saturated carbocycles. The monoisotopic (exact) mass is 272 g/mol. The molecule has 0 aromatic heterocycles. The van der Waals surface area contributed by atoms with Gasteiger partial charge >= 0.3 is 0 Å². The third kappa shape index (κ3) is 2.68. The molecule has 1 aromatic carbocycles. The lowest BCUT2D eigenvalue weighted by molar-refractivity contribution is 0.189. The molecule has 1 aromatic rings. The Balaban J connectivity index is 1.71. The Hall–Kier alpha value is -1.11. The molecule has 0 aliphatic heterocycles. The van der Waals surface area contributed by atoms with Crippen LogP contribution in [0.1, 0.15) is 50.7 Å². The quantitative estimate of drug-likeness (QED) is 0.669. The van der Waals surface area contributed by atoms with Crippen molar-refractivity contribution in [1.29, 1.82) is 0 Å². The van der Waals surface area contributed by atoms with Crippen molar-refractivity contribution in [3.63, 3.8) is 0 Å². The molecule has 3 rings (SSSR count). The number of benzene rings is 1. The van der Waals surface area contributed by atoms with Crippen LogP contribution < -0.4 is 0 Å². The van der Waals surface area contributed by atoms with E-state index in [-0.39, 0.29) is 5.82 Å². The number of hydrogen-bond acceptors (Lipinski definition) is 0. The molecule has 0 radical (unpaired) electrons. The van der Waals surface area contributed by atoms with Crippen LogP contribution in [0.25, 0.3) is 6.08 Å². The van der Waals surface area contributed by atoms with Gasteiger partial charge in [0.05, 0.1) is 0 Å². The largest absolute Gasteiger partial charge is 0.206 e. The molecular formula is C19H25F. The van der Waals surface area contributed by atoms with Crippen molar-refractivity contribution in [3.8, 4) is 0 Å². The molecule has 0 spiro atoms. The van der Waals surface area contributed by atoms with Crippen molar-refractivity contribution in [2.24, 2.45) is 23.7 Å². The number of rotatable bonds is 2. The standard InChI is InChI=1S/C19H25F/c1-13-6-8-15(9-7-13)14(2)16-10-11-18-17(12-16)4-3-5-19(18)20/h3-5,10-11,13-16H,6-9,12H2,1-2H3. The lowest BCUT2D eigenvalue weighted by atomic mass is 9.70. The lowest BCUT2D eigenvalue weighted by Gasteiger charge is -2.35. The third-order valence-corrected chi connectivity index (χ3v) is 5.59. The summed E-state index contributed by atoms with van der Waals surface area (Å²) in [4.78, 5) is 0. The fourth-order valence-corrected chi connectivity index (χ4v) is 4.01. The molecule has 2 aliphatic rings. The molecule has 20 heavy (non-hydrogen) atoms. The van der Waals surface area contributed by atoms with Crippen LogP contribution in [0.4, 0.5) is 4.39 Å². The lowest BCUT2D eigenvalue weighted by Crippen LogP contribution is -2.26. The Bertz CT molecular complexity index is 494. The van der Waals surface area contributed by atoms with Crippen LogP contribution in [-0.4, -0.2) is 0 Å². The molecule has 0 nitrogen and oxygen atoms in total. The summed E-state index contributed by atoms with van der Waals surface area (Å²) < 4.78 is 13.7. The van der Waals surface area contributed by atoms with Gasteiger partial charge in [-0.15, -0.1) is 0 Å². The van der Waals surface area contributed by atoms with Crippen LogP contribution >= 0.6 is 0 Å². The molecule has 0 amide bonds. The summed E-state index contributed by atoms with van der Waals surface area (Å²) in [5.74, 6) is 3.00. The molecule has 0 N–H and O–H groups in total. The van der Waals surface area contributed by atoms with Gasteiger partial charge < -0.3 is 0 Å². The first-order valence-electron chi connectivity index (χ1n) is 8.10. The Kier molecular flexibility index (Phi) is 3.96. The second-order valence-electron chi connectivity index (χ2n) is 6.92. The first-order valence-corrected chi connectivity index (χ1v) is 8.10. The third-order valence-electron chi connectivity index (χ3n) is 5.59. The Morgan fingerprint density at radius 1 is 1.15 bits per heavy atom. The van der Waals surface area contributed by atoms with Gasteiger partial charge in [0.15, 0.2) is 0 Å². The summed E-state index contributed by atoms with van der Waals surface area (Å²) in [6, 6.07) is 5.50. The second-order valence-corrected chi connectivity index (χ2v) is 6.92. The van der Waals surface area contributed by atoms with E-state index in [1.807, 2.05) is 12.1 Å². The average molecular weight is 272 g/mol. The van der Waals surface area contributed by atoms with Crippen molar-refractivity contribution < 1.29 is 4.39 Å². The summed E-state index contributed by atoms with van der Waals surface area (Å²) in [7, 11) is 0. The molecule has 108 valence electrons. The first kappa shape index (κ1) is 13.9. The summed E-state index contributed by atoms with van der Waals surface area (Å²) in [5, 5.41) is 0. The molecule has 2 aliphatic carbocycles. The van der Waals surface area contributed by atoms with Gasteiger partial charge in [-0.1, -0.05) is 51.0 Å². The van der Waals surface area contributed by atoms with E-state index in [2.05, 4.69) is 26.0 Å². The van der Waals surface area contributed by atoms with Crippen LogP contribution in [0, 0.1) is 29.5 Å². The summed E-state index contributed by atoms with van der Waals surface area (Å²) in [6.07, 6.45) is 10.8. The number of fused-ring (bicyclic) bond motifs is 1. The van der Waals surface area contributed by atoms with Crippen LogP contribution in [0.5, 0.6) is 0 Å². The van der Waals surface area contributed by atoms with E-state index in [4.69, 9.17) is 0 Å². The molecule has 0 bridgehead atoms. The average Bonchev–Trinajstić information content (AvgIpc) is 2.47. The molecule has 0 saturated heterocycles. The van der Waals surface area contributed by atoms with Crippen LogP contribution in [0.15, 0.2) is 24.3 Å². The summed E-state index contributed by atoms with van der Waals surface area (Å²) in [6.45, 7) is 4.78. The van der Waals surface area contributed by atoms with Crippen LogP contribution in [0.2, 0.25) is 0 Å². The molecule has 2 atom stereocenters. The van der Waals surface area contributed by atoms with E-state index < -0.39 is 0 Å². The molecule has 1 fully saturated rings. The van der Waals surface area contributed by atoms with Crippen LogP contribution in [0.3, 0.4) is 0 Å². The van der Waals surface area contributed by atoms with Crippen molar-refractivity contribution in [3.05, 3.63) is 41.2 Å². The summed E-state index contributed by atoms with van der Waals surface area (Å²) in [5.41, 5.74) is 2.00. The first-order chi connectivity index (χ1) is 9.65. The van der Waals surface area contributed by atoms with Crippen LogP contribution in [-0.2, 0) is 6.42 Å². The van der Waals surface area contributed by atoms with E-state index >= 15 is 0 Å². The van der Waals surface area contributed by atoms with Gasteiger partial charge in [-0.05, 0) is 54.6 Å². The molecule has 0 heterocycles. The highest BCUT2D eigenvalue weighted by Crippen LogP contribution is 2.39. The minimum Gasteiger partial charge on any atom is -0.206 e. The van der Waals surface area contributed by atoms with E-state index in [1.165, 1.54) is 31.2 Å². The Morgan fingerprint density at radius 2 is 1.90 bits per heavy atom. The highest BCUT2D eigenvalue weighted by atomic mass is 19.1. The van der Waals surface area contributed by atoms with Crippen molar-refractivity contribution in [2.45, 2.75) is 46.0 Å². The maximum absolute atomic E-state index is 13.7. The number of hydrogen-bond donors (Lipinski definition) is 0. The number of halogens is 1. The summed E-state index contributed by atoms with van der Waals surface area (Å²) >= 11 is 0. The fraction of sp³-hybridized carbons (Fsp3) is 0.579. The van der Waals surface area contributed by atoms with Crippen molar-refractivity contribution in [1.82, 2.24) is 0 Å². The molecular weight excluding hydrogens is 247 g/mol. The molecule has 2 unspecified atom stereocenters. The van der Waals surface area contributed by atoms with E-state index in [1.54, 1.807) is 6.07 Å². The smallest absolute Gasteiger partial charge is 0.130 e.